The van der Waals surface area contributed by atoms with Crippen LogP contribution in [0.15, 0.2) is 12.3 Å². The molecule has 0 amide bonds. The van der Waals surface area contributed by atoms with E-state index in [0.717, 1.165) is 26.1 Å². The molecule has 0 spiro atoms. The molecule has 1 aliphatic heterocycles. The second kappa shape index (κ2) is 4.68. The third-order valence-corrected chi connectivity index (χ3v) is 2.71. The quantitative estimate of drug-likeness (QED) is 0.810. The van der Waals surface area contributed by atoms with Gasteiger partial charge < -0.3 is 15.8 Å². The molecule has 0 radical (unpaired) electrons. The molecule has 1 saturated heterocycles. The van der Waals surface area contributed by atoms with Crippen LogP contribution >= 0.6 is 11.6 Å². The molecule has 15 heavy (non-hydrogen) atoms. The molecule has 5 heteroatoms. The van der Waals surface area contributed by atoms with Crippen molar-refractivity contribution in [1.82, 2.24) is 4.98 Å². The molecule has 0 unspecified atom stereocenters. The number of halogens is 1. The zero-order valence-electron chi connectivity index (χ0n) is 8.37. The van der Waals surface area contributed by atoms with Gasteiger partial charge in [-0.25, -0.2) is 4.98 Å². The highest BCUT2D eigenvalue weighted by Gasteiger charge is 2.15. The zero-order chi connectivity index (χ0) is 10.7. The predicted octanol–water partition coefficient (Wildman–Crippen LogP) is 1.91. The van der Waals surface area contributed by atoms with Crippen molar-refractivity contribution in [3.8, 4) is 0 Å². The summed E-state index contributed by atoms with van der Waals surface area (Å²) in [6, 6.07) is 2.10. The number of nitrogen functional groups attached to an aromatic ring is 1. The van der Waals surface area contributed by atoms with Gasteiger partial charge in [0.05, 0.1) is 16.9 Å². The molecule has 1 aliphatic rings. The van der Waals surface area contributed by atoms with Gasteiger partial charge in [-0.3, -0.25) is 0 Å². The Morgan fingerprint density at radius 3 is 2.87 bits per heavy atom. The molecular weight excluding hydrogens is 214 g/mol. The summed E-state index contributed by atoms with van der Waals surface area (Å²) in [5.41, 5.74) is 6.15. The minimum Gasteiger partial charge on any atom is -0.397 e. The molecule has 0 atom stereocenters. The first-order valence-electron chi connectivity index (χ1n) is 5.01. The summed E-state index contributed by atoms with van der Waals surface area (Å²) in [5, 5.41) is 3.87. The Morgan fingerprint density at radius 1 is 1.47 bits per heavy atom. The SMILES string of the molecule is Nc1cnc(NC2CCOCC2)c(Cl)c1. The Bertz CT molecular complexity index is 339. The number of aromatic nitrogens is 1. The average Bonchev–Trinajstić information content (AvgIpc) is 2.24. The van der Waals surface area contributed by atoms with Gasteiger partial charge in [-0.1, -0.05) is 11.6 Å². The molecule has 0 saturated carbocycles. The molecule has 0 bridgehead atoms. The van der Waals surface area contributed by atoms with Crippen LogP contribution in [0.4, 0.5) is 11.5 Å². The second-order valence-corrected chi connectivity index (χ2v) is 4.04. The molecular formula is C10H14ClN3O. The maximum Gasteiger partial charge on any atom is 0.145 e. The minimum absolute atomic E-state index is 0.396. The van der Waals surface area contributed by atoms with Crippen molar-refractivity contribution in [3.63, 3.8) is 0 Å². The topological polar surface area (TPSA) is 60.2 Å². The van der Waals surface area contributed by atoms with E-state index < -0.39 is 0 Å². The molecule has 0 aliphatic carbocycles. The molecule has 2 heterocycles. The van der Waals surface area contributed by atoms with Gasteiger partial charge in [0.25, 0.3) is 0 Å². The Hall–Kier alpha value is -1.00. The van der Waals surface area contributed by atoms with Crippen molar-refractivity contribution in [1.29, 1.82) is 0 Å². The van der Waals surface area contributed by atoms with Gasteiger partial charge in [-0.05, 0) is 18.9 Å². The third kappa shape index (κ3) is 2.73. The number of hydrogen-bond acceptors (Lipinski definition) is 4. The number of anilines is 2. The van der Waals surface area contributed by atoms with Crippen molar-refractivity contribution in [2.45, 2.75) is 18.9 Å². The first-order chi connectivity index (χ1) is 7.25. The Labute approximate surface area is 93.8 Å². The number of nitrogens with zero attached hydrogens (tertiary/aromatic N) is 1. The molecule has 1 fully saturated rings. The first kappa shape index (κ1) is 10.5. The lowest BCUT2D eigenvalue weighted by Gasteiger charge is -2.23. The van der Waals surface area contributed by atoms with Crippen LogP contribution in [0.1, 0.15) is 12.8 Å². The van der Waals surface area contributed by atoms with Crippen LogP contribution in [-0.2, 0) is 4.74 Å². The van der Waals surface area contributed by atoms with Gasteiger partial charge in [-0.2, -0.15) is 0 Å². The molecule has 2 rings (SSSR count). The van der Waals surface area contributed by atoms with Crippen LogP contribution in [0, 0.1) is 0 Å². The summed E-state index contributed by atoms with van der Waals surface area (Å²) >= 11 is 6.01. The molecule has 82 valence electrons. The second-order valence-electron chi connectivity index (χ2n) is 3.63. The van der Waals surface area contributed by atoms with Crippen LogP contribution in [-0.4, -0.2) is 24.2 Å². The van der Waals surface area contributed by atoms with Crippen LogP contribution in [0.2, 0.25) is 5.02 Å². The van der Waals surface area contributed by atoms with Gasteiger partial charge in [0.2, 0.25) is 0 Å². The lowest BCUT2D eigenvalue weighted by molar-refractivity contribution is 0.0904. The first-order valence-corrected chi connectivity index (χ1v) is 5.39. The highest BCUT2D eigenvalue weighted by Crippen LogP contribution is 2.23. The standard InChI is InChI=1S/C10H14ClN3O/c11-9-5-7(12)6-13-10(9)14-8-1-3-15-4-2-8/h5-6,8H,1-4,12H2,(H,13,14). The summed E-state index contributed by atoms with van der Waals surface area (Å²) in [6.45, 7) is 1.59. The van der Waals surface area contributed by atoms with Crippen molar-refractivity contribution in [3.05, 3.63) is 17.3 Å². The highest BCUT2D eigenvalue weighted by atomic mass is 35.5. The monoisotopic (exact) mass is 227 g/mol. The minimum atomic E-state index is 0.396. The third-order valence-electron chi connectivity index (χ3n) is 2.42. The number of nitrogens with one attached hydrogen (secondary N) is 1. The van der Waals surface area contributed by atoms with Crippen molar-refractivity contribution >= 4 is 23.1 Å². The number of rotatable bonds is 2. The van der Waals surface area contributed by atoms with Crippen LogP contribution in [0.25, 0.3) is 0 Å². The van der Waals surface area contributed by atoms with Gasteiger partial charge in [0.1, 0.15) is 5.82 Å². The van der Waals surface area contributed by atoms with E-state index in [-0.39, 0.29) is 0 Å². The number of hydrogen-bond donors (Lipinski definition) is 2. The summed E-state index contributed by atoms with van der Waals surface area (Å²) in [5.74, 6) is 0.706. The number of ether oxygens (including phenoxy) is 1. The van der Waals surface area contributed by atoms with E-state index >= 15 is 0 Å². The maximum absolute atomic E-state index is 6.01. The smallest absolute Gasteiger partial charge is 0.145 e. The zero-order valence-corrected chi connectivity index (χ0v) is 9.13. The average molecular weight is 228 g/mol. The maximum atomic E-state index is 6.01. The summed E-state index contributed by atoms with van der Waals surface area (Å²) in [6.07, 6.45) is 3.58. The van der Waals surface area contributed by atoms with E-state index in [1.807, 2.05) is 0 Å². The van der Waals surface area contributed by atoms with Gasteiger partial charge in [-0.15, -0.1) is 0 Å². The van der Waals surface area contributed by atoms with Crippen LogP contribution in [0.3, 0.4) is 0 Å². The lowest BCUT2D eigenvalue weighted by atomic mass is 10.1. The lowest BCUT2D eigenvalue weighted by Crippen LogP contribution is -2.28. The van der Waals surface area contributed by atoms with Crippen LogP contribution in [0.5, 0.6) is 0 Å². The molecule has 3 N–H and O–H groups in total. The van der Waals surface area contributed by atoms with E-state index in [1.165, 1.54) is 0 Å². The largest absolute Gasteiger partial charge is 0.397 e. The Balaban J connectivity index is 2.03. The Kier molecular flexibility index (Phi) is 3.28. The Morgan fingerprint density at radius 2 is 2.20 bits per heavy atom. The fourth-order valence-electron chi connectivity index (χ4n) is 1.59. The normalized spacial score (nSPS) is 17.7. The molecule has 4 nitrogen and oxygen atoms in total. The number of pyridine rings is 1. The van der Waals surface area contributed by atoms with E-state index in [1.54, 1.807) is 12.3 Å². The van der Waals surface area contributed by atoms with E-state index in [4.69, 9.17) is 22.1 Å². The van der Waals surface area contributed by atoms with Gasteiger partial charge >= 0.3 is 0 Å². The fraction of sp³-hybridized carbons (Fsp3) is 0.500. The summed E-state index contributed by atoms with van der Waals surface area (Å²) in [7, 11) is 0. The number of nitrogens with two attached hydrogens (primary N) is 1. The van der Waals surface area contributed by atoms with Crippen LogP contribution < -0.4 is 11.1 Å². The molecule has 1 aromatic rings. The van der Waals surface area contributed by atoms with Gasteiger partial charge in [0, 0.05) is 19.3 Å². The fourth-order valence-corrected chi connectivity index (χ4v) is 1.82. The molecule has 0 aromatic carbocycles. The van der Waals surface area contributed by atoms with E-state index in [2.05, 4.69) is 10.3 Å². The van der Waals surface area contributed by atoms with E-state index in [9.17, 15) is 0 Å². The van der Waals surface area contributed by atoms with Gasteiger partial charge in [0.15, 0.2) is 0 Å². The van der Waals surface area contributed by atoms with E-state index in [0.29, 0.717) is 22.6 Å². The highest BCUT2D eigenvalue weighted by molar-refractivity contribution is 6.33. The summed E-state index contributed by atoms with van der Waals surface area (Å²) < 4.78 is 5.27. The predicted molar refractivity (Wildman–Crippen MR) is 61.1 cm³/mol. The van der Waals surface area contributed by atoms with Crippen molar-refractivity contribution < 1.29 is 4.74 Å². The molecule has 1 aromatic heterocycles. The van der Waals surface area contributed by atoms with Crippen molar-refractivity contribution in [2.75, 3.05) is 24.3 Å². The summed E-state index contributed by atoms with van der Waals surface area (Å²) in [4.78, 5) is 4.16. The van der Waals surface area contributed by atoms with Crippen molar-refractivity contribution in [2.24, 2.45) is 0 Å².